The Kier molecular flexibility index (Phi) is 6.09. The van der Waals surface area contributed by atoms with Crippen LogP contribution >= 0.6 is 0 Å². The topological polar surface area (TPSA) is 74.8 Å². The van der Waals surface area contributed by atoms with E-state index < -0.39 is 36.6 Å². The molecule has 0 bridgehead atoms. The summed E-state index contributed by atoms with van der Waals surface area (Å²) in [6.07, 6.45) is 0. The fraction of sp³-hybridized carbons (Fsp3) is 0.368. The summed E-state index contributed by atoms with van der Waals surface area (Å²) in [6, 6.07) is 8.80. The van der Waals surface area contributed by atoms with E-state index in [4.69, 9.17) is 0 Å². The maximum Gasteiger partial charge on any atom is 0.246 e. The van der Waals surface area contributed by atoms with E-state index in [1.165, 1.54) is 16.4 Å². The van der Waals surface area contributed by atoms with Gasteiger partial charge in [0, 0.05) is 26.2 Å². The van der Waals surface area contributed by atoms with Crippen LogP contribution in [-0.4, -0.2) is 51.6 Å². The minimum atomic E-state index is -4.27. The molecule has 1 saturated heterocycles. The minimum Gasteiger partial charge on any atom is -0.207 e. The van der Waals surface area contributed by atoms with Crippen molar-refractivity contribution in [3.05, 3.63) is 59.7 Å². The minimum absolute atomic E-state index is 0.0789. The largest absolute Gasteiger partial charge is 0.246 e. The van der Waals surface area contributed by atoms with Gasteiger partial charge in [0.1, 0.15) is 16.5 Å². The smallest absolute Gasteiger partial charge is 0.207 e. The molecule has 0 unspecified atom stereocenters. The summed E-state index contributed by atoms with van der Waals surface area (Å²) in [5, 5.41) is 0. The van der Waals surface area contributed by atoms with Gasteiger partial charge in [-0.1, -0.05) is 26.0 Å². The average molecular weight is 445 g/mol. The SMILES string of the molecule is CC(C)c1ccc(S(=O)(=O)N2CCN(S(=O)(=O)c3cc(F)ccc3F)CC2)cc1. The van der Waals surface area contributed by atoms with Crippen LogP contribution in [0.5, 0.6) is 0 Å². The molecule has 3 rings (SSSR count). The van der Waals surface area contributed by atoms with Crippen molar-refractivity contribution >= 4 is 20.0 Å². The molecule has 10 heteroatoms. The van der Waals surface area contributed by atoms with Crippen LogP contribution < -0.4 is 0 Å². The van der Waals surface area contributed by atoms with Crippen molar-refractivity contribution in [2.75, 3.05) is 26.2 Å². The Balaban J connectivity index is 1.76. The summed E-state index contributed by atoms with van der Waals surface area (Å²) in [5.74, 6) is -1.65. The van der Waals surface area contributed by atoms with Crippen molar-refractivity contribution < 1.29 is 25.6 Å². The summed E-state index contributed by atoms with van der Waals surface area (Å²) in [5.41, 5.74) is 1.01. The summed E-state index contributed by atoms with van der Waals surface area (Å²) in [7, 11) is -8.04. The third kappa shape index (κ3) is 4.35. The highest BCUT2D eigenvalue weighted by molar-refractivity contribution is 7.89. The number of benzene rings is 2. The lowest BCUT2D eigenvalue weighted by atomic mass is 10.0. The number of hydrogen-bond acceptors (Lipinski definition) is 4. The first-order valence-electron chi connectivity index (χ1n) is 9.09. The van der Waals surface area contributed by atoms with Crippen molar-refractivity contribution in [1.29, 1.82) is 0 Å². The Morgan fingerprint density at radius 3 is 1.83 bits per heavy atom. The van der Waals surface area contributed by atoms with Gasteiger partial charge in [-0.3, -0.25) is 0 Å². The van der Waals surface area contributed by atoms with Crippen LogP contribution in [0.3, 0.4) is 0 Å². The molecule has 0 aromatic heterocycles. The maximum atomic E-state index is 13.9. The predicted octanol–water partition coefficient (Wildman–Crippen LogP) is 2.78. The van der Waals surface area contributed by atoms with Crippen LogP contribution in [-0.2, 0) is 20.0 Å². The Labute approximate surface area is 169 Å². The van der Waals surface area contributed by atoms with Gasteiger partial charge in [0.2, 0.25) is 20.0 Å². The van der Waals surface area contributed by atoms with E-state index in [2.05, 4.69) is 0 Å². The molecule has 0 amide bonds. The fourth-order valence-electron chi connectivity index (χ4n) is 3.14. The highest BCUT2D eigenvalue weighted by Gasteiger charge is 2.35. The first kappa shape index (κ1) is 21.8. The Morgan fingerprint density at radius 1 is 0.793 bits per heavy atom. The second-order valence-electron chi connectivity index (χ2n) is 7.11. The quantitative estimate of drug-likeness (QED) is 0.711. The van der Waals surface area contributed by atoms with Crippen LogP contribution in [0.25, 0.3) is 0 Å². The number of nitrogens with zero attached hydrogens (tertiary/aromatic N) is 2. The van der Waals surface area contributed by atoms with E-state index in [0.717, 1.165) is 22.0 Å². The average Bonchev–Trinajstić information content (AvgIpc) is 2.70. The van der Waals surface area contributed by atoms with Crippen LogP contribution in [0.2, 0.25) is 0 Å². The molecular formula is C19H22F2N2O4S2. The number of hydrogen-bond donors (Lipinski definition) is 0. The van der Waals surface area contributed by atoms with Gasteiger partial charge in [-0.25, -0.2) is 25.6 Å². The van der Waals surface area contributed by atoms with Crippen molar-refractivity contribution in [1.82, 2.24) is 8.61 Å². The molecule has 0 radical (unpaired) electrons. The Bertz CT molecular complexity index is 1090. The van der Waals surface area contributed by atoms with Gasteiger partial charge in [0.05, 0.1) is 4.90 Å². The zero-order chi connectivity index (χ0) is 21.4. The molecule has 158 valence electrons. The monoisotopic (exact) mass is 444 g/mol. The standard InChI is InChI=1S/C19H22F2N2O4S2/c1-14(2)15-3-6-17(7-4-15)28(24,25)22-9-11-23(12-10-22)29(26,27)19-13-16(20)5-8-18(19)21/h3-8,13-14H,9-12H2,1-2H3. The van der Waals surface area contributed by atoms with E-state index in [9.17, 15) is 25.6 Å². The van der Waals surface area contributed by atoms with Crippen molar-refractivity contribution in [3.63, 3.8) is 0 Å². The molecule has 0 atom stereocenters. The number of sulfonamides is 2. The molecule has 0 saturated carbocycles. The number of halogens is 2. The molecule has 1 aliphatic rings. The van der Waals surface area contributed by atoms with Gasteiger partial charge in [-0.2, -0.15) is 8.61 Å². The normalized spacial score (nSPS) is 17.0. The van der Waals surface area contributed by atoms with E-state index in [1.54, 1.807) is 12.1 Å². The molecule has 1 heterocycles. The molecule has 0 aliphatic carbocycles. The van der Waals surface area contributed by atoms with Gasteiger partial charge in [0.25, 0.3) is 0 Å². The van der Waals surface area contributed by atoms with E-state index in [-0.39, 0.29) is 37.0 Å². The zero-order valence-corrected chi connectivity index (χ0v) is 17.7. The van der Waals surface area contributed by atoms with Gasteiger partial charge in [-0.05, 0) is 41.8 Å². The van der Waals surface area contributed by atoms with Crippen molar-refractivity contribution in [2.24, 2.45) is 0 Å². The van der Waals surface area contributed by atoms with Gasteiger partial charge < -0.3 is 0 Å². The van der Waals surface area contributed by atoms with Crippen LogP contribution in [0.1, 0.15) is 25.3 Å². The number of piperazine rings is 1. The summed E-state index contributed by atoms with van der Waals surface area (Å²) < 4.78 is 80.4. The first-order chi connectivity index (χ1) is 13.5. The summed E-state index contributed by atoms with van der Waals surface area (Å²) >= 11 is 0. The lowest BCUT2D eigenvalue weighted by Gasteiger charge is -2.33. The van der Waals surface area contributed by atoms with Crippen molar-refractivity contribution in [3.8, 4) is 0 Å². The zero-order valence-electron chi connectivity index (χ0n) is 16.0. The van der Waals surface area contributed by atoms with Crippen LogP contribution in [0, 0.1) is 11.6 Å². The molecule has 2 aromatic carbocycles. The highest BCUT2D eigenvalue weighted by atomic mass is 32.2. The molecule has 0 spiro atoms. The summed E-state index contributed by atoms with van der Waals surface area (Å²) in [4.78, 5) is -0.618. The molecular weight excluding hydrogens is 422 g/mol. The summed E-state index contributed by atoms with van der Waals surface area (Å²) in [6.45, 7) is 3.55. The van der Waals surface area contributed by atoms with Crippen LogP contribution in [0.4, 0.5) is 8.78 Å². The van der Waals surface area contributed by atoms with E-state index >= 15 is 0 Å². The molecule has 1 aliphatic heterocycles. The Hall–Kier alpha value is -1.88. The Morgan fingerprint density at radius 2 is 1.31 bits per heavy atom. The first-order valence-corrected chi connectivity index (χ1v) is 12.0. The van der Waals surface area contributed by atoms with E-state index in [1.807, 2.05) is 13.8 Å². The highest BCUT2D eigenvalue weighted by Crippen LogP contribution is 2.25. The van der Waals surface area contributed by atoms with Crippen LogP contribution in [0.15, 0.2) is 52.3 Å². The third-order valence-electron chi connectivity index (χ3n) is 4.89. The third-order valence-corrected chi connectivity index (χ3v) is 8.72. The molecule has 2 aromatic rings. The van der Waals surface area contributed by atoms with E-state index in [0.29, 0.717) is 6.07 Å². The lowest BCUT2D eigenvalue weighted by Crippen LogP contribution is -2.50. The van der Waals surface area contributed by atoms with Gasteiger partial charge >= 0.3 is 0 Å². The molecule has 29 heavy (non-hydrogen) atoms. The van der Waals surface area contributed by atoms with Gasteiger partial charge in [-0.15, -0.1) is 0 Å². The molecule has 1 fully saturated rings. The van der Waals surface area contributed by atoms with Crippen molar-refractivity contribution in [2.45, 2.75) is 29.6 Å². The number of rotatable bonds is 5. The predicted molar refractivity (Wildman–Crippen MR) is 104 cm³/mol. The lowest BCUT2D eigenvalue weighted by molar-refractivity contribution is 0.272. The maximum absolute atomic E-state index is 13.9. The molecule has 6 nitrogen and oxygen atoms in total. The molecule has 0 N–H and O–H groups in total. The van der Waals surface area contributed by atoms with Gasteiger partial charge in [0.15, 0.2) is 0 Å². The fourth-order valence-corrected chi connectivity index (χ4v) is 6.06. The second-order valence-corrected chi connectivity index (χ2v) is 11.0. The second kappa shape index (κ2) is 8.10.